The molecular formula is C17H30N2O. The number of nitrogens with one attached hydrogen (secondary N) is 1. The Kier molecular flexibility index (Phi) is 3.83. The normalized spacial score (nSPS) is 36.1. The van der Waals surface area contributed by atoms with Gasteiger partial charge in [0.15, 0.2) is 0 Å². The summed E-state index contributed by atoms with van der Waals surface area (Å²) in [6.45, 7) is 7.79. The summed E-state index contributed by atoms with van der Waals surface area (Å²) in [5.41, 5.74) is -0.144. The summed E-state index contributed by atoms with van der Waals surface area (Å²) in [4.78, 5) is 14.8. The molecule has 1 aliphatic heterocycles. The number of rotatable bonds is 4. The maximum atomic E-state index is 12.6. The maximum absolute atomic E-state index is 12.6. The average molecular weight is 278 g/mol. The molecule has 3 aliphatic rings. The van der Waals surface area contributed by atoms with Gasteiger partial charge < -0.3 is 4.90 Å². The molecule has 3 nitrogen and oxygen atoms in total. The largest absolute Gasteiger partial charge is 0.325 e. The Morgan fingerprint density at radius 1 is 1.35 bits per heavy atom. The smallest absolute Gasteiger partial charge is 0.244 e. The summed E-state index contributed by atoms with van der Waals surface area (Å²) < 4.78 is 0. The van der Waals surface area contributed by atoms with Crippen LogP contribution in [0.5, 0.6) is 0 Å². The Hall–Kier alpha value is -0.570. The predicted molar refractivity (Wildman–Crippen MR) is 81.2 cm³/mol. The zero-order valence-corrected chi connectivity index (χ0v) is 13.3. The first-order chi connectivity index (χ1) is 9.52. The molecule has 1 heterocycles. The minimum absolute atomic E-state index is 0.144. The molecule has 3 fully saturated rings. The van der Waals surface area contributed by atoms with E-state index >= 15 is 0 Å². The first kappa shape index (κ1) is 14.4. The quantitative estimate of drug-likeness (QED) is 0.857. The second kappa shape index (κ2) is 5.32. The summed E-state index contributed by atoms with van der Waals surface area (Å²) in [5, 5.41) is 3.61. The van der Waals surface area contributed by atoms with Gasteiger partial charge in [0.2, 0.25) is 5.91 Å². The van der Waals surface area contributed by atoms with E-state index in [1.54, 1.807) is 0 Å². The van der Waals surface area contributed by atoms with Gasteiger partial charge in [-0.15, -0.1) is 0 Å². The van der Waals surface area contributed by atoms with Crippen molar-refractivity contribution >= 4 is 5.91 Å². The molecule has 1 spiro atoms. The van der Waals surface area contributed by atoms with Crippen LogP contribution in [0, 0.1) is 17.8 Å². The molecule has 3 atom stereocenters. The summed E-state index contributed by atoms with van der Waals surface area (Å²) in [5.74, 6) is 2.62. The first-order valence-corrected chi connectivity index (χ1v) is 8.60. The van der Waals surface area contributed by atoms with E-state index in [4.69, 9.17) is 0 Å². The average Bonchev–Trinajstić information content (AvgIpc) is 3.12. The minimum atomic E-state index is -0.144. The zero-order valence-electron chi connectivity index (χ0n) is 13.3. The molecule has 0 radical (unpaired) electrons. The fourth-order valence-electron chi connectivity index (χ4n) is 4.22. The van der Waals surface area contributed by atoms with Crippen molar-refractivity contribution in [1.82, 2.24) is 10.2 Å². The van der Waals surface area contributed by atoms with Gasteiger partial charge in [0.25, 0.3) is 0 Å². The molecule has 0 aromatic heterocycles. The van der Waals surface area contributed by atoms with Crippen molar-refractivity contribution in [2.24, 2.45) is 17.8 Å². The van der Waals surface area contributed by atoms with E-state index in [1.165, 1.54) is 32.1 Å². The van der Waals surface area contributed by atoms with Gasteiger partial charge in [-0.3, -0.25) is 10.1 Å². The first-order valence-electron chi connectivity index (χ1n) is 8.60. The summed E-state index contributed by atoms with van der Waals surface area (Å²) in [6, 6.07) is 0. The Bertz CT molecular complexity index is 375. The van der Waals surface area contributed by atoms with Crippen LogP contribution in [0.4, 0.5) is 0 Å². The Labute approximate surface area is 123 Å². The van der Waals surface area contributed by atoms with Gasteiger partial charge in [-0.25, -0.2) is 0 Å². The van der Waals surface area contributed by atoms with Crippen molar-refractivity contribution in [3.8, 4) is 0 Å². The molecule has 0 bridgehead atoms. The van der Waals surface area contributed by atoms with E-state index in [1.807, 2.05) is 0 Å². The molecule has 114 valence electrons. The van der Waals surface area contributed by atoms with Crippen molar-refractivity contribution in [3.05, 3.63) is 0 Å². The molecular weight excluding hydrogens is 248 g/mol. The second-order valence-corrected chi connectivity index (χ2v) is 7.84. The molecule has 2 saturated carbocycles. The summed E-state index contributed by atoms with van der Waals surface area (Å²) in [6.07, 6.45) is 9.10. The van der Waals surface area contributed by atoms with Crippen LogP contribution in [-0.2, 0) is 4.79 Å². The Morgan fingerprint density at radius 3 is 2.70 bits per heavy atom. The lowest BCUT2D eigenvalue weighted by atomic mass is 9.81. The van der Waals surface area contributed by atoms with Crippen LogP contribution >= 0.6 is 0 Å². The van der Waals surface area contributed by atoms with Crippen molar-refractivity contribution in [3.63, 3.8) is 0 Å². The van der Waals surface area contributed by atoms with Crippen molar-refractivity contribution in [2.75, 3.05) is 6.54 Å². The van der Waals surface area contributed by atoms with Gasteiger partial charge in [-0.1, -0.05) is 40.0 Å². The number of carbonyl (C=O) groups excluding carboxylic acids is 1. The van der Waals surface area contributed by atoms with E-state index in [0.717, 1.165) is 31.2 Å². The summed E-state index contributed by atoms with van der Waals surface area (Å²) in [7, 11) is 0. The van der Waals surface area contributed by atoms with E-state index in [9.17, 15) is 4.79 Å². The fourth-order valence-corrected chi connectivity index (χ4v) is 4.22. The number of carbonyl (C=O) groups is 1. The van der Waals surface area contributed by atoms with Crippen LogP contribution in [0.2, 0.25) is 0 Å². The molecule has 20 heavy (non-hydrogen) atoms. The Balaban J connectivity index is 1.58. The minimum Gasteiger partial charge on any atom is -0.325 e. The van der Waals surface area contributed by atoms with Crippen molar-refractivity contribution in [2.45, 2.75) is 77.4 Å². The van der Waals surface area contributed by atoms with Crippen molar-refractivity contribution in [1.29, 1.82) is 0 Å². The highest BCUT2D eigenvalue weighted by Crippen LogP contribution is 2.43. The van der Waals surface area contributed by atoms with Crippen LogP contribution in [0.15, 0.2) is 0 Å². The topological polar surface area (TPSA) is 32.3 Å². The third-order valence-corrected chi connectivity index (χ3v) is 5.63. The van der Waals surface area contributed by atoms with E-state index in [-0.39, 0.29) is 11.7 Å². The third-order valence-electron chi connectivity index (χ3n) is 5.63. The van der Waals surface area contributed by atoms with Crippen LogP contribution in [-0.4, -0.2) is 29.1 Å². The van der Waals surface area contributed by atoms with Crippen LogP contribution < -0.4 is 5.32 Å². The monoisotopic (exact) mass is 278 g/mol. The highest BCUT2D eigenvalue weighted by Gasteiger charge is 2.59. The molecule has 0 aromatic carbocycles. The lowest BCUT2D eigenvalue weighted by Crippen LogP contribution is -2.42. The van der Waals surface area contributed by atoms with Gasteiger partial charge in [0, 0.05) is 6.54 Å². The lowest BCUT2D eigenvalue weighted by Gasteiger charge is -2.31. The molecule has 3 rings (SSSR count). The molecule has 0 aromatic rings. The molecule has 1 N–H and O–H groups in total. The fraction of sp³-hybridized carbons (Fsp3) is 0.941. The maximum Gasteiger partial charge on any atom is 0.244 e. The SMILES string of the molecule is CC1CCCC(CCN2C(=O)C3(CC3)NC2C(C)C)C1. The number of nitrogens with zero attached hydrogens (tertiary/aromatic N) is 1. The van der Waals surface area contributed by atoms with Crippen LogP contribution in [0.3, 0.4) is 0 Å². The number of hydrogen-bond acceptors (Lipinski definition) is 2. The predicted octanol–water partition coefficient (Wildman–Crippen LogP) is 3.15. The van der Waals surface area contributed by atoms with Gasteiger partial charge in [-0.05, 0) is 43.4 Å². The van der Waals surface area contributed by atoms with Gasteiger partial charge in [0.05, 0.1) is 11.7 Å². The van der Waals surface area contributed by atoms with Gasteiger partial charge in [-0.2, -0.15) is 0 Å². The van der Waals surface area contributed by atoms with Crippen LogP contribution in [0.25, 0.3) is 0 Å². The second-order valence-electron chi connectivity index (χ2n) is 7.84. The van der Waals surface area contributed by atoms with Crippen LogP contribution in [0.1, 0.15) is 65.7 Å². The molecule has 3 unspecified atom stereocenters. The zero-order chi connectivity index (χ0) is 14.3. The highest BCUT2D eigenvalue weighted by atomic mass is 16.2. The van der Waals surface area contributed by atoms with Gasteiger partial charge in [0.1, 0.15) is 0 Å². The number of hydrogen-bond donors (Lipinski definition) is 1. The third kappa shape index (κ3) is 2.61. The summed E-state index contributed by atoms with van der Waals surface area (Å²) >= 11 is 0. The number of amides is 1. The Morgan fingerprint density at radius 2 is 2.10 bits per heavy atom. The highest BCUT2D eigenvalue weighted by molar-refractivity contribution is 5.91. The molecule has 1 amide bonds. The molecule has 1 saturated heterocycles. The molecule has 3 heteroatoms. The van der Waals surface area contributed by atoms with Crippen molar-refractivity contribution < 1.29 is 4.79 Å². The van der Waals surface area contributed by atoms with E-state index in [0.29, 0.717) is 11.8 Å². The van der Waals surface area contributed by atoms with E-state index in [2.05, 4.69) is 31.0 Å². The van der Waals surface area contributed by atoms with E-state index < -0.39 is 0 Å². The molecule has 2 aliphatic carbocycles. The van der Waals surface area contributed by atoms with Gasteiger partial charge >= 0.3 is 0 Å². The standard InChI is InChI=1S/C17H30N2O/c1-12(2)15-18-17(8-9-17)16(20)19(15)10-7-14-6-4-5-13(3)11-14/h12-15,18H,4-11H2,1-3H3. The lowest BCUT2D eigenvalue weighted by molar-refractivity contribution is -0.131.